The molecule has 2 unspecified atom stereocenters. The van der Waals surface area contributed by atoms with Crippen LogP contribution in [0.25, 0.3) is 0 Å². The molecule has 0 fully saturated rings. The molecule has 1 N–H and O–H groups in total. The molecule has 0 aliphatic rings. The molecule has 0 aromatic carbocycles. The second kappa shape index (κ2) is 6.03. The Balaban J connectivity index is 2.10. The number of anilines is 1. The first-order chi connectivity index (χ1) is 8.99. The zero-order valence-corrected chi connectivity index (χ0v) is 13.4. The molecule has 2 aromatic heterocycles. The molecule has 2 atom stereocenters. The number of aromatic nitrogens is 1. The van der Waals surface area contributed by atoms with Gasteiger partial charge in [-0.15, -0.1) is 11.3 Å². The quantitative estimate of drug-likeness (QED) is 0.915. The predicted molar refractivity (Wildman–Crippen MR) is 83.4 cm³/mol. The number of thiophene rings is 1. The van der Waals surface area contributed by atoms with Gasteiger partial charge in [-0.25, -0.2) is 4.98 Å². The molecule has 2 rings (SSSR count). The Morgan fingerprint density at radius 1 is 1.42 bits per heavy atom. The first kappa shape index (κ1) is 14.5. The Morgan fingerprint density at radius 2 is 2.16 bits per heavy atom. The summed E-state index contributed by atoms with van der Waals surface area (Å²) in [7, 11) is 2.07. The summed E-state index contributed by atoms with van der Waals surface area (Å²) >= 11 is 3.38. The number of likely N-dealkylation sites (N-methyl/N-ethyl adjacent to an activating group) is 1. The van der Waals surface area contributed by atoms with Crippen molar-refractivity contribution in [2.24, 2.45) is 0 Å². The lowest BCUT2D eigenvalue weighted by atomic mass is 10.2. The average Bonchev–Trinajstić information content (AvgIpc) is 2.97. The van der Waals surface area contributed by atoms with E-state index in [0.29, 0.717) is 6.04 Å². The lowest BCUT2D eigenvalue weighted by Gasteiger charge is -2.23. The Hall–Kier alpha value is -0.910. The van der Waals surface area contributed by atoms with Gasteiger partial charge >= 0.3 is 0 Å². The molecule has 19 heavy (non-hydrogen) atoms. The summed E-state index contributed by atoms with van der Waals surface area (Å²) in [5.41, 5.74) is 0.935. The summed E-state index contributed by atoms with van der Waals surface area (Å²) in [5, 5.41) is 12.8. The second-order valence-electron chi connectivity index (χ2n) is 4.87. The Kier molecular flexibility index (Phi) is 4.60. The molecule has 0 amide bonds. The molecule has 5 heteroatoms. The van der Waals surface area contributed by atoms with Gasteiger partial charge in [0, 0.05) is 24.4 Å². The highest BCUT2D eigenvalue weighted by molar-refractivity contribution is 7.15. The zero-order chi connectivity index (χ0) is 14.0. The Bertz CT molecular complexity index is 520. The van der Waals surface area contributed by atoms with Gasteiger partial charge in [-0.3, -0.25) is 0 Å². The molecule has 0 saturated carbocycles. The Morgan fingerprint density at radius 3 is 2.68 bits per heavy atom. The van der Waals surface area contributed by atoms with E-state index >= 15 is 0 Å². The molecular weight excluding hydrogens is 276 g/mol. The standard InChI is InChI=1S/C14H20N2OS2/c1-9(8-12-6-5-7-18-12)16(4)14-15-10(2)13(19-14)11(3)17/h5-7,9,11,17H,8H2,1-4H3. The molecule has 0 saturated heterocycles. The maximum atomic E-state index is 9.70. The highest BCUT2D eigenvalue weighted by Crippen LogP contribution is 2.31. The van der Waals surface area contributed by atoms with Crippen molar-refractivity contribution in [2.45, 2.75) is 39.3 Å². The van der Waals surface area contributed by atoms with E-state index in [1.807, 2.05) is 6.92 Å². The molecule has 2 aromatic rings. The van der Waals surface area contributed by atoms with Crippen LogP contribution in [0, 0.1) is 6.92 Å². The lowest BCUT2D eigenvalue weighted by Crippen LogP contribution is -2.30. The van der Waals surface area contributed by atoms with Crippen LogP contribution in [0.3, 0.4) is 0 Å². The first-order valence-electron chi connectivity index (χ1n) is 6.39. The molecule has 104 valence electrons. The summed E-state index contributed by atoms with van der Waals surface area (Å²) < 4.78 is 0. The summed E-state index contributed by atoms with van der Waals surface area (Å²) in [6.07, 6.45) is 0.587. The normalized spacial score (nSPS) is 14.4. The lowest BCUT2D eigenvalue weighted by molar-refractivity contribution is 0.202. The Labute approximate surface area is 122 Å². The number of aliphatic hydroxyl groups is 1. The van der Waals surface area contributed by atoms with E-state index in [1.54, 1.807) is 29.6 Å². The third-order valence-corrected chi connectivity index (χ3v) is 5.56. The first-order valence-corrected chi connectivity index (χ1v) is 8.09. The largest absolute Gasteiger partial charge is 0.388 e. The summed E-state index contributed by atoms with van der Waals surface area (Å²) in [4.78, 5) is 9.12. The second-order valence-corrected chi connectivity index (χ2v) is 6.91. The zero-order valence-electron chi connectivity index (χ0n) is 11.8. The SMILES string of the molecule is Cc1nc(N(C)C(C)Cc2cccs2)sc1C(C)O. The molecule has 0 spiro atoms. The summed E-state index contributed by atoms with van der Waals surface area (Å²) in [5.74, 6) is 0. The van der Waals surface area contributed by atoms with Crippen LogP contribution >= 0.6 is 22.7 Å². The van der Waals surface area contributed by atoms with Crippen molar-refractivity contribution >= 4 is 27.8 Å². The number of aliphatic hydroxyl groups excluding tert-OH is 1. The van der Waals surface area contributed by atoms with Crippen LogP contribution in [0.1, 0.15) is 35.4 Å². The van der Waals surface area contributed by atoms with Gasteiger partial charge < -0.3 is 10.0 Å². The summed E-state index contributed by atoms with van der Waals surface area (Å²) in [6.45, 7) is 5.96. The van der Waals surface area contributed by atoms with Gasteiger partial charge in [-0.2, -0.15) is 0 Å². The molecule has 3 nitrogen and oxygen atoms in total. The van der Waals surface area contributed by atoms with Gasteiger partial charge in [0.15, 0.2) is 5.13 Å². The molecule has 0 aliphatic heterocycles. The van der Waals surface area contributed by atoms with E-state index < -0.39 is 6.10 Å². The minimum Gasteiger partial charge on any atom is -0.388 e. The maximum Gasteiger partial charge on any atom is 0.185 e. The van der Waals surface area contributed by atoms with E-state index in [4.69, 9.17) is 0 Å². The highest BCUT2D eigenvalue weighted by atomic mass is 32.1. The molecule has 0 radical (unpaired) electrons. The van der Waals surface area contributed by atoms with Crippen LogP contribution in [-0.2, 0) is 6.42 Å². The predicted octanol–water partition coefficient (Wildman–Crippen LogP) is 3.63. The van der Waals surface area contributed by atoms with Crippen molar-refractivity contribution in [3.05, 3.63) is 33.0 Å². The highest BCUT2D eigenvalue weighted by Gasteiger charge is 2.18. The molecule has 2 heterocycles. The fourth-order valence-corrected chi connectivity index (χ4v) is 3.87. The number of aryl methyl sites for hydroxylation is 1. The van der Waals surface area contributed by atoms with Gasteiger partial charge in [0.2, 0.25) is 0 Å². The van der Waals surface area contributed by atoms with Crippen molar-refractivity contribution in [1.29, 1.82) is 0 Å². The third-order valence-electron chi connectivity index (χ3n) is 3.24. The maximum absolute atomic E-state index is 9.70. The summed E-state index contributed by atoms with van der Waals surface area (Å²) in [6, 6.07) is 4.65. The average molecular weight is 296 g/mol. The van der Waals surface area contributed by atoms with E-state index in [9.17, 15) is 5.11 Å². The number of thiazole rings is 1. The minimum atomic E-state index is -0.438. The van der Waals surface area contributed by atoms with E-state index in [2.05, 4.69) is 41.4 Å². The van der Waals surface area contributed by atoms with Crippen LogP contribution in [0.15, 0.2) is 17.5 Å². The van der Waals surface area contributed by atoms with Gasteiger partial charge in [-0.05, 0) is 32.2 Å². The number of nitrogens with zero attached hydrogens (tertiary/aromatic N) is 2. The topological polar surface area (TPSA) is 36.4 Å². The van der Waals surface area contributed by atoms with Crippen LogP contribution in [0.4, 0.5) is 5.13 Å². The van der Waals surface area contributed by atoms with Crippen LogP contribution < -0.4 is 4.90 Å². The van der Waals surface area contributed by atoms with Gasteiger partial charge in [0.1, 0.15) is 0 Å². The van der Waals surface area contributed by atoms with Crippen LogP contribution in [0.5, 0.6) is 0 Å². The minimum absolute atomic E-state index is 0.394. The smallest absolute Gasteiger partial charge is 0.185 e. The number of hydrogen-bond acceptors (Lipinski definition) is 5. The van der Waals surface area contributed by atoms with Crippen LogP contribution in [-0.4, -0.2) is 23.2 Å². The van der Waals surface area contributed by atoms with Gasteiger partial charge in [0.25, 0.3) is 0 Å². The van der Waals surface area contributed by atoms with Crippen molar-refractivity contribution in [3.8, 4) is 0 Å². The molecule has 0 bridgehead atoms. The van der Waals surface area contributed by atoms with Gasteiger partial charge in [0.05, 0.1) is 16.7 Å². The van der Waals surface area contributed by atoms with Gasteiger partial charge in [-0.1, -0.05) is 17.4 Å². The monoisotopic (exact) mass is 296 g/mol. The third kappa shape index (κ3) is 3.35. The van der Waals surface area contributed by atoms with E-state index in [0.717, 1.165) is 22.1 Å². The van der Waals surface area contributed by atoms with Crippen molar-refractivity contribution in [3.63, 3.8) is 0 Å². The van der Waals surface area contributed by atoms with E-state index in [1.165, 1.54) is 4.88 Å². The molecular formula is C14H20N2OS2. The molecule has 0 aliphatic carbocycles. The van der Waals surface area contributed by atoms with Crippen molar-refractivity contribution in [1.82, 2.24) is 4.98 Å². The van der Waals surface area contributed by atoms with Crippen molar-refractivity contribution in [2.75, 3.05) is 11.9 Å². The number of hydrogen-bond donors (Lipinski definition) is 1. The fourth-order valence-electron chi connectivity index (χ4n) is 1.98. The van der Waals surface area contributed by atoms with Crippen molar-refractivity contribution < 1.29 is 5.11 Å². The van der Waals surface area contributed by atoms with E-state index in [-0.39, 0.29) is 0 Å². The van der Waals surface area contributed by atoms with Crippen LogP contribution in [0.2, 0.25) is 0 Å². The fraction of sp³-hybridized carbons (Fsp3) is 0.500. The number of rotatable bonds is 5.